The quantitative estimate of drug-likeness (QED) is 0.146. The third kappa shape index (κ3) is 5.99. The van der Waals surface area contributed by atoms with Gasteiger partial charge in [0.2, 0.25) is 17.8 Å². The Morgan fingerprint density at radius 3 is 1.89 bits per heavy atom. The number of hydrazone groups is 1. The molecule has 0 spiro atoms. The second-order valence-corrected chi connectivity index (χ2v) is 8.30. The van der Waals surface area contributed by atoms with Crippen LogP contribution in [0.15, 0.2) is 101 Å². The van der Waals surface area contributed by atoms with Crippen molar-refractivity contribution in [1.29, 1.82) is 0 Å². The summed E-state index contributed by atoms with van der Waals surface area (Å²) >= 11 is 12.1. The third-order valence-electron chi connectivity index (χ3n) is 4.88. The lowest BCUT2D eigenvalue weighted by molar-refractivity contribution is 0.575. The number of anilines is 5. The van der Waals surface area contributed by atoms with Gasteiger partial charge in [0.05, 0.1) is 16.3 Å². The molecule has 0 saturated carbocycles. The Hall–Kier alpha value is -4.40. The normalized spacial score (nSPS) is 10.9. The first-order valence-corrected chi connectivity index (χ1v) is 11.6. The zero-order valence-electron chi connectivity index (χ0n) is 18.7. The second kappa shape index (κ2) is 10.9. The van der Waals surface area contributed by atoms with Crippen molar-refractivity contribution in [3.63, 3.8) is 0 Å². The average Bonchev–Trinajstić information content (AvgIpc) is 3.36. The summed E-state index contributed by atoms with van der Waals surface area (Å²) < 4.78 is 5.84. The minimum Gasteiger partial charge on any atom is -0.455 e. The van der Waals surface area contributed by atoms with Gasteiger partial charge in [-0.25, -0.2) is 5.43 Å². The molecule has 0 saturated heterocycles. The Labute approximate surface area is 217 Å². The number of rotatable bonds is 8. The lowest BCUT2D eigenvalue weighted by Gasteiger charge is -2.10. The maximum absolute atomic E-state index is 6.11. The Balaban J connectivity index is 1.34. The molecule has 5 rings (SSSR count). The summed E-state index contributed by atoms with van der Waals surface area (Å²) in [6.45, 7) is 0. The summed E-state index contributed by atoms with van der Waals surface area (Å²) in [5.41, 5.74) is 5.33. The number of nitrogens with one attached hydrogen (secondary N) is 3. The lowest BCUT2D eigenvalue weighted by atomic mass is 10.2. The standard InChI is InChI=1S/C26H19Cl2N7O/c27-21-13-11-17(15-22(21)28)23-14-12-20(36-23)16-29-35-26-33-24(30-18-7-3-1-4-8-18)32-25(34-26)31-19-9-5-2-6-10-19/h1-16H,(H3,30,31,32,33,34,35)/b29-16+. The summed E-state index contributed by atoms with van der Waals surface area (Å²) in [7, 11) is 0. The fraction of sp³-hybridized carbons (Fsp3) is 0. The molecule has 0 aliphatic carbocycles. The van der Waals surface area contributed by atoms with Crippen LogP contribution in [0.5, 0.6) is 0 Å². The minimum absolute atomic E-state index is 0.245. The van der Waals surface area contributed by atoms with E-state index in [-0.39, 0.29) is 5.95 Å². The number of halogens is 2. The van der Waals surface area contributed by atoms with Crippen LogP contribution in [0.4, 0.5) is 29.2 Å². The summed E-state index contributed by atoms with van der Waals surface area (Å²) in [6.07, 6.45) is 1.53. The van der Waals surface area contributed by atoms with Gasteiger partial charge in [0, 0.05) is 16.9 Å². The van der Waals surface area contributed by atoms with Gasteiger partial charge in [-0.15, -0.1) is 0 Å². The van der Waals surface area contributed by atoms with Crippen molar-refractivity contribution >= 4 is 58.6 Å². The van der Waals surface area contributed by atoms with Crippen LogP contribution in [0.2, 0.25) is 10.0 Å². The van der Waals surface area contributed by atoms with Crippen molar-refractivity contribution in [3.05, 3.63) is 107 Å². The number of furan rings is 1. The summed E-state index contributed by atoms with van der Waals surface area (Å²) in [5.74, 6) is 2.12. The molecule has 0 bridgehead atoms. The Kier molecular flexibility index (Phi) is 7.07. The van der Waals surface area contributed by atoms with Gasteiger partial charge < -0.3 is 15.1 Å². The van der Waals surface area contributed by atoms with Crippen molar-refractivity contribution in [3.8, 4) is 11.3 Å². The highest BCUT2D eigenvalue weighted by Gasteiger charge is 2.09. The van der Waals surface area contributed by atoms with Crippen LogP contribution in [0.25, 0.3) is 11.3 Å². The molecular weight excluding hydrogens is 497 g/mol. The third-order valence-corrected chi connectivity index (χ3v) is 5.62. The van der Waals surface area contributed by atoms with Crippen LogP contribution >= 0.6 is 23.2 Å². The smallest absolute Gasteiger partial charge is 0.250 e. The van der Waals surface area contributed by atoms with E-state index < -0.39 is 0 Å². The first-order chi connectivity index (χ1) is 17.6. The van der Waals surface area contributed by atoms with Gasteiger partial charge in [-0.2, -0.15) is 20.1 Å². The largest absolute Gasteiger partial charge is 0.455 e. The highest BCUT2D eigenvalue weighted by molar-refractivity contribution is 6.42. The summed E-state index contributed by atoms with van der Waals surface area (Å²) in [6, 6.07) is 28.2. The van der Waals surface area contributed by atoms with Crippen molar-refractivity contribution < 1.29 is 4.42 Å². The molecule has 0 radical (unpaired) electrons. The molecule has 3 aromatic carbocycles. The van der Waals surface area contributed by atoms with Gasteiger partial charge in [-0.1, -0.05) is 59.6 Å². The highest BCUT2D eigenvalue weighted by Crippen LogP contribution is 2.29. The van der Waals surface area contributed by atoms with Crippen LogP contribution in [0.1, 0.15) is 5.76 Å². The molecular formula is C26H19Cl2N7O. The van der Waals surface area contributed by atoms with E-state index in [1.807, 2.05) is 72.8 Å². The number of hydrogen-bond acceptors (Lipinski definition) is 8. The van der Waals surface area contributed by atoms with Crippen LogP contribution in [-0.4, -0.2) is 21.2 Å². The van der Waals surface area contributed by atoms with E-state index in [4.69, 9.17) is 27.6 Å². The number of benzene rings is 3. The Bertz CT molecular complexity index is 1430. The van der Waals surface area contributed by atoms with Gasteiger partial charge in [-0.3, -0.25) is 0 Å². The fourth-order valence-corrected chi connectivity index (χ4v) is 3.52. The Morgan fingerprint density at radius 2 is 1.28 bits per heavy atom. The molecule has 5 aromatic rings. The van der Waals surface area contributed by atoms with Crippen LogP contribution < -0.4 is 16.1 Å². The molecule has 2 heterocycles. The number of aromatic nitrogens is 3. The maximum Gasteiger partial charge on any atom is 0.250 e. The van der Waals surface area contributed by atoms with E-state index in [9.17, 15) is 0 Å². The molecule has 0 aliphatic rings. The lowest BCUT2D eigenvalue weighted by Crippen LogP contribution is -2.07. The molecule has 36 heavy (non-hydrogen) atoms. The molecule has 0 aliphatic heterocycles. The predicted octanol–water partition coefficient (Wildman–Crippen LogP) is 7.37. The van der Waals surface area contributed by atoms with Crippen molar-refractivity contribution in [2.24, 2.45) is 5.10 Å². The molecule has 0 amide bonds. The zero-order valence-corrected chi connectivity index (χ0v) is 20.2. The number of hydrogen-bond donors (Lipinski definition) is 3. The van der Waals surface area contributed by atoms with E-state index in [0.29, 0.717) is 33.5 Å². The van der Waals surface area contributed by atoms with E-state index >= 15 is 0 Å². The molecule has 0 fully saturated rings. The molecule has 2 aromatic heterocycles. The first kappa shape index (κ1) is 23.3. The maximum atomic E-state index is 6.11. The van der Waals surface area contributed by atoms with Crippen molar-refractivity contribution in [2.45, 2.75) is 0 Å². The predicted molar refractivity (Wildman–Crippen MR) is 145 cm³/mol. The van der Waals surface area contributed by atoms with Crippen molar-refractivity contribution in [1.82, 2.24) is 15.0 Å². The fourth-order valence-electron chi connectivity index (χ4n) is 3.22. The topological polar surface area (TPSA) is 100 Å². The Morgan fingerprint density at radius 1 is 0.667 bits per heavy atom. The number of para-hydroxylation sites is 2. The first-order valence-electron chi connectivity index (χ1n) is 10.9. The second-order valence-electron chi connectivity index (χ2n) is 7.49. The van der Waals surface area contributed by atoms with E-state index in [1.165, 1.54) is 6.21 Å². The highest BCUT2D eigenvalue weighted by atomic mass is 35.5. The average molecular weight is 516 g/mol. The SMILES string of the molecule is Clc1ccc(-c2ccc(/C=N/Nc3nc(Nc4ccccc4)nc(Nc4ccccc4)n3)o2)cc1Cl. The van der Waals surface area contributed by atoms with E-state index in [0.717, 1.165) is 16.9 Å². The van der Waals surface area contributed by atoms with Gasteiger partial charge >= 0.3 is 0 Å². The molecule has 0 atom stereocenters. The molecule has 0 unspecified atom stereocenters. The molecule has 3 N–H and O–H groups in total. The monoisotopic (exact) mass is 515 g/mol. The van der Waals surface area contributed by atoms with Gasteiger partial charge in [0.1, 0.15) is 11.5 Å². The van der Waals surface area contributed by atoms with Gasteiger partial charge in [0.25, 0.3) is 0 Å². The molecule has 10 heteroatoms. The summed E-state index contributed by atoms with van der Waals surface area (Å²) in [4.78, 5) is 13.3. The summed E-state index contributed by atoms with van der Waals surface area (Å²) in [5, 5.41) is 11.5. The van der Waals surface area contributed by atoms with Crippen LogP contribution in [0, 0.1) is 0 Å². The van der Waals surface area contributed by atoms with E-state index in [2.05, 4.69) is 36.1 Å². The molecule has 178 valence electrons. The number of nitrogens with zero attached hydrogens (tertiary/aromatic N) is 4. The van der Waals surface area contributed by atoms with Gasteiger partial charge in [0.15, 0.2) is 0 Å². The minimum atomic E-state index is 0.245. The van der Waals surface area contributed by atoms with Crippen molar-refractivity contribution in [2.75, 3.05) is 16.1 Å². The van der Waals surface area contributed by atoms with Crippen LogP contribution in [0.3, 0.4) is 0 Å². The van der Waals surface area contributed by atoms with Gasteiger partial charge in [-0.05, 0) is 54.6 Å². The molecule has 8 nitrogen and oxygen atoms in total. The van der Waals surface area contributed by atoms with Crippen LogP contribution in [-0.2, 0) is 0 Å². The zero-order chi connectivity index (χ0) is 24.7. The van der Waals surface area contributed by atoms with E-state index in [1.54, 1.807) is 18.2 Å².